The van der Waals surface area contributed by atoms with E-state index in [4.69, 9.17) is 0 Å². The highest BCUT2D eigenvalue weighted by atomic mass is 15.1. The lowest BCUT2D eigenvalue weighted by atomic mass is 10.0. The largest absolute Gasteiger partial charge is 0.334 e. The van der Waals surface area contributed by atoms with E-state index in [1.165, 1.54) is 12.8 Å². The van der Waals surface area contributed by atoms with E-state index in [-0.39, 0.29) is 0 Å². The van der Waals surface area contributed by atoms with Crippen LogP contribution in [0.1, 0.15) is 25.8 Å². The predicted octanol–water partition coefficient (Wildman–Crippen LogP) is 1.20. The van der Waals surface area contributed by atoms with Crippen molar-refractivity contribution in [2.24, 2.45) is 0 Å². The van der Waals surface area contributed by atoms with E-state index in [1.807, 2.05) is 12.5 Å². The summed E-state index contributed by atoms with van der Waals surface area (Å²) in [5, 5.41) is 3.44. The second-order valence-electron chi connectivity index (χ2n) is 3.54. The zero-order chi connectivity index (χ0) is 8.39. The van der Waals surface area contributed by atoms with Crippen LogP contribution < -0.4 is 5.32 Å². The molecule has 1 aliphatic rings. The molecule has 12 heavy (non-hydrogen) atoms. The van der Waals surface area contributed by atoms with E-state index in [9.17, 15) is 0 Å². The Kier molecular flexibility index (Phi) is 2.13. The molecular weight excluding hydrogens is 150 g/mol. The third-order valence-electron chi connectivity index (χ3n) is 2.54. The summed E-state index contributed by atoms with van der Waals surface area (Å²) in [6.45, 7) is 3.37. The Bertz CT molecular complexity index is 230. The lowest BCUT2D eigenvalue weighted by molar-refractivity contribution is 0.313. The zero-order valence-electron chi connectivity index (χ0n) is 7.40. The summed E-state index contributed by atoms with van der Waals surface area (Å²) < 4.78 is 2.22. The molecule has 2 rings (SSSR count). The Morgan fingerprint density at radius 2 is 2.50 bits per heavy atom. The van der Waals surface area contributed by atoms with Crippen LogP contribution in [0.25, 0.3) is 0 Å². The molecule has 1 aliphatic heterocycles. The van der Waals surface area contributed by atoms with Crippen LogP contribution in [-0.2, 0) is 0 Å². The molecule has 0 saturated carbocycles. The minimum atomic E-state index is 0.645. The van der Waals surface area contributed by atoms with Gasteiger partial charge in [0, 0.05) is 24.5 Å². The van der Waals surface area contributed by atoms with Gasteiger partial charge in [0.1, 0.15) is 0 Å². The second kappa shape index (κ2) is 3.27. The van der Waals surface area contributed by atoms with Gasteiger partial charge in [-0.15, -0.1) is 0 Å². The molecule has 0 unspecified atom stereocenters. The summed E-state index contributed by atoms with van der Waals surface area (Å²) in [5.74, 6) is 0. The third kappa shape index (κ3) is 1.50. The summed E-state index contributed by atoms with van der Waals surface area (Å²) in [5.41, 5.74) is 0. The van der Waals surface area contributed by atoms with Gasteiger partial charge >= 0.3 is 0 Å². The van der Waals surface area contributed by atoms with Crippen LogP contribution in [-0.4, -0.2) is 22.1 Å². The van der Waals surface area contributed by atoms with Crippen LogP contribution in [0.3, 0.4) is 0 Å². The van der Waals surface area contributed by atoms with Crippen molar-refractivity contribution < 1.29 is 0 Å². The number of nitrogens with one attached hydrogen (secondary N) is 1. The SMILES string of the molecule is C[C@@H]1C[C@@H](n2ccnc2)CCN1. The quantitative estimate of drug-likeness (QED) is 0.677. The molecule has 66 valence electrons. The van der Waals surface area contributed by atoms with Gasteiger partial charge in [0.25, 0.3) is 0 Å². The molecule has 3 nitrogen and oxygen atoms in total. The lowest BCUT2D eigenvalue weighted by Gasteiger charge is -2.28. The molecule has 2 atom stereocenters. The highest BCUT2D eigenvalue weighted by molar-refractivity contribution is 4.85. The van der Waals surface area contributed by atoms with E-state index in [0.717, 1.165) is 6.54 Å². The maximum atomic E-state index is 4.06. The molecule has 0 bridgehead atoms. The fourth-order valence-corrected chi connectivity index (χ4v) is 1.86. The van der Waals surface area contributed by atoms with E-state index in [0.29, 0.717) is 12.1 Å². The third-order valence-corrected chi connectivity index (χ3v) is 2.54. The molecule has 0 amide bonds. The van der Waals surface area contributed by atoms with Gasteiger partial charge in [-0.2, -0.15) is 0 Å². The van der Waals surface area contributed by atoms with E-state index < -0.39 is 0 Å². The number of hydrogen-bond donors (Lipinski definition) is 1. The van der Waals surface area contributed by atoms with Gasteiger partial charge in [-0.1, -0.05) is 0 Å². The molecule has 3 heteroatoms. The summed E-state index contributed by atoms with van der Waals surface area (Å²) in [6.07, 6.45) is 8.27. The molecule has 0 aliphatic carbocycles. The molecule has 0 spiro atoms. The fourth-order valence-electron chi connectivity index (χ4n) is 1.86. The van der Waals surface area contributed by atoms with Crippen LogP contribution in [0.2, 0.25) is 0 Å². The van der Waals surface area contributed by atoms with Gasteiger partial charge in [0.2, 0.25) is 0 Å². The molecule has 0 radical (unpaired) electrons. The van der Waals surface area contributed by atoms with Crippen molar-refractivity contribution in [3.63, 3.8) is 0 Å². The standard InChI is InChI=1S/C9H15N3/c1-8-6-9(2-3-11-8)12-5-4-10-7-12/h4-5,7-9,11H,2-3,6H2,1H3/t8-,9+/m1/s1. The maximum absolute atomic E-state index is 4.06. The zero-order valence-corrected chi connectivity index (χ0v) is 7.40. The number of imidazole rings is 1. The normalized spacial score (nSPS) is 30.4. The van der Waals surface area contributed by atoms with Crippen molar-refractivity contribution >= 4 is 0 Å². The minimum absolute atomic E-state index is 0.645. The van der Waals surface area contributed by atoms with Gasteiger partial charge in [-0.25, -0.2) is 4.98 Å². The van der Waals surface area contributed by atoms with Gasteiger partial charge in [-0.3, -0.25) is 0 Å². The number of hydrogen-bond acceptors (Lipinski definition) is 2. The van der Waals surface area contributed by atoms with Gasteiger partial charge < -0.3 is 9.88 Å². The van der Waals surface area contributed by atoms with E-state index in [1.54, 1.807) is 0 Å². The Morgan fingerprint density at radius 3 is 3.17 bits per heavy atom. The Morgan fingerprint density at radius 1 is 1.58 bits per heavy atom. The monoisotopic (exact) mass is 165 g/mol. The van der Waals surface area contributed by atoms with Crippen LogP contribution in [0.4, 0.5) is 0 Å². The average Bonchev–Trinajstić information content (AvgIpc) is 2.56. The topological polar surface area (TPSA) is 29.9 Å². The average molecular weight is 165 g/mol. The van der Waals surface area contributed by atoms with Crippen molar-refractivity contribution in [1.29, 1.82) is 0 Å². The highest BCUT2D eigenvalue weighted by Gasteiger charge is 2.18. The van der Waals surface area contributed by atoms with Gasteiger partial charge in [0.15, 0.2) is 0 Å². The van der Waals surface area contributed by atoms with Crippen molar-refractivity contribution in [3.8, 4) is 0 Å². The number of aromatic nitrogens is 2. The van der Waals surface area contributed by atoms with Crippen LogP contribution in [0, 0.1) is 0 Å². The van der Waals surface area contributed by atoms with Crippen LogP contribution in [0.5, 0.6) is 0 Å². The Hall–Kier alpha value is -0.830. The molecule has 1 aromatic rings. The lowest BCUT2D eigenvalue weighted by Crippen LogP contribution is -2.36. The maximum Gasteiger partial charge on any atom is 0.0948 e. The molecule has 2 heterocycles. The van der Waals surface area contributed by atoms with Crippen molar-refractivity contribution in [1.82, 2.24) is 14.9 Å². The van der Waals surface area contributed by atoms with Crippen LogP contribution >= 0.6 is 0 Å². The number of rotatable bonds is 1. The number of piperidine rings is 1. The first-order chi connectivity index (χ1) is 5.86. The second-order valence-corrected chi connectivity index (χ2v) is 3.54. The summed E-state index contributed by atoms with van der Waals surface area (Å²) in [4.78, 5) is 4.06. The predicted molar refractivity (Wildman–Crippen MR) is 48.0 cm³/mol. The molecule has 1 aromatic heterocycles. The molecule has 0 aromatic carbocycles. The molecular formula is C9H15N3. The minimum Gasteiger partial charge on any atom is -0.334 e. The van der Waals surface area contributed by atoms with E-state index in [2.05, 4.69) is 28.0 Å². The molecule has 1 N–H and O–H groups in total. The first-order valence-corrected chi connectivity index (χ1v) is 4.57. The Labute approximate surface area is 72.8 Å². The summed E-state index contributed by atoms with van der Waals surface area (Å²) >= 11 is 0. The van der Waals surface area contributed by atoms with E-state index >= 15 is 0 Å². The first-order valence-electron chi connectivity index (χ1n) is 4.57. The number of nitrogens with zero attached hydrogens (tertiary/aromatic N) is 2. The van der Waals surface area contributed by atoms with Crippen molar-refractivity contribution in [2.75, 3.05) is 6.54 Å². The van der Waals surface area contributed by atoms with Crippen molar-refractivity contribution in [2.45, 2.75) is 31.8 Å². The van der Waals surface area contributed by atoms with Gasteiger partial charge in [-0.05, 0) is 26.3 Å². The van der Waals surface area contributed by atoms with Crippen LogP contribution in [0.15, 0.2) is 18.7 Å². The van der Waals surface area contributed by atoms with Gasteiger partial charge in [0.05, 0.1) is 6.33 Å². The highest BCUT2D eigenvalue weighted by Crippen LogP contribution is 2.20. The summed E-state index contributed by atoms with van der Waals surface area (Å²) in [6, 6.07) is 1.30. The molecule has 1 saturated heterocycles. The molecule has 1 fully saturated rings. The fraction of sp³-hybridized carbons (Fsp3) is 0.667. The smallest absolute Gasteiger partial charge is 0.0948 e. The van der Waals surface area contributed by atoms with Crippen molar-refractivity contribution in [3.05, 3.63) is 18.7 Å². The summed E-state index contributed by atoms with van der Waals surface area (Å²) in [7, 11) is 0. The first kappa shape index (κ1) is 7.80. The Balaban J connectivity index is 2.04.